The Hall–Kier alpha value is -2.12. The topological polar surface area (TPSA) is 65.5 Å². The van der Waals surface area contributed by atoms with Crippen molar-refractivity contribution >= 4 is 18.5 Å². The molecule has 1 aromatic carbocycles. The third-order valence-corrected chi connectivity index (χ3v) is 6.19. The Morgan fingerprint density at radius 3 is 2.43 bits per heavy atom. The van der Waals surface area contributed by atoms with E-state index in [0.717, 1.165) is 30.5 Å². The first kappa shape index (κ1) is 19.2. The van der Waals surface area contributed by atoms with Gasteiger partial charge in [0.2, 0.25) is 5.95 Å². The lowest BCUT2D eigenvalue weighted by Gasteiger charge is -2.32. The summed E-state index contributed by atoms with van der Waals surface area (Å²) in [5, 5.41) is 3.46. The van der Waals surface area contributed by atoms with Crippen LogP contribution in [0.15, 0.2) is 30.6 Å². The predicted molar refractivity (Wildman–Crippen MR) is 110 cm³/mol. The average molecular weight is 381 g/mol. The van der Waals surface area contributed by atoms with Gasteiger partial charge in [0, 0.05) is 23.9 Å². The predicted octanol–water partition coefficient (Wildman–Crippen LogP) is 2.75. The van der Waals surface area contributed by atoms with Gasteiger partial charge in [0.15, 0.2) is 0 Å². The minimum absolute atomic E-state index is 0.308. The number of methoxy groups -OCH3 is 1. The molecule has 0 spiro atoms. The SMILES string of the molecule is COc1cccc2c1CCC(Nc1ncc(B3OC(C)(C)C(C)(C)O3)cn1)C2. The van der Waals surface area contributed by atoms with Crippen molar-refractivity contribution in [3.63, 3.8) is 0 Å². The summed E-state index contributed by atoms with van der Waals surface area (Å²) in [6.07, 6.45) is 6.53. The van der Waals surface area contributed by atoms with E-state index in [2.05, 4.69) is 27.4 Å². The quantitative estimate of drug-likeness (QED) is 0.822. The third kappa shape index (κ3) is 3.49. The lowest BCUT2D eigenvalue weighted by atomic mass is 9.81. The van der Waals surface area contributed by atoms with Crippen molar-refractivity contribution in [3.05, 3.63) is 41.7 Å². The normalized spacial score (nSPS) is 22.6. The second kappa shape index (κ2) is 7.05. The summed E-state index contributed by atoms with van der Waals surface area (Å²) in [4.78, 5) is 8.99. The van der Waals surface area contributed by atoms with Crippen LogP contribution in [0.5, 0.6) is 5.75 Å². The molecule has 0 bridgehead atoms. The van der Waals surface area contributed by atoms with E-state index in [-0.39, 0.29) is 11.2 Å². The maximum atomic E-state index is 6.07. The van der Waals surface area contributed by atoms with Crippen LogP contribution in [-0.4, -0.2) is 41.4 Å². The van der Waals surface area contributed by atoms with Crippen molar-refractivity contribution < 1.29 is 14.0 Å². The molecule has 0 radical (unpaired) electrons. The van der Waals surface area contributed by atoms with Crippen LogP contribution in [0, 0.1) is 0 Å². The van der Waals surface area contributed by atoms with Crippen molar-refractivity contribution in [2.45, 2.75) is 64.2 Å². The summed E-state index contributed by atoms with van der Waals surface area (Å²) in [6.45, 7) is 8.17. The highest BCUT2D eigenvalue weighted by atomic mass is 16.7. The summed E-state index contributed by atoms with van der Waals surface area (Å²) >= 11 is 0. The second-order valence-corrected chi connectivity index (χ2v) is 8.61. The first-order valence-electron chi connectivity index (χ1n) is 9.88. The average Bonchev–Trinajstić information content (AvgIpc) is 2.89. The highest BCUT2D eigenvalue weighted by Crippen LogP contribution is 2.36. The smallest absolute Gasteiger partial charge is 0.496 e. The largest absolute Gasteiger partial charge is 0.498 e. The minimum Gasteiger partial charge on any atom is -0.496 e. The highest BCUT2D eigenvalue weighted by Gasteiger charge is 2.51. The first-order chi connectivity index (χ1) is 13.3. The monoisotopic (exact) mass is 381 g/mol. The molecule has 0 amide bonds. The minimum atomic E-state index is -0.437. The number of rotatable bonds is 4. The summed E-state index contributed by atoms with van der Waals surface area (Å²) in [6, 6.07) is 6.57. The van der Waals surface area contributed by atoms with E-state index in [0.29, 0.717) is 12.0 Å². The van der Waals surface area contributed by atoms with Crippen LogP contribution in [0.3, 0.4) is 0 Å². The lowest BCUT2D eigenvalue weighted by Crippen LogP contribution is -2.41. The number of fused-ring (bicyclic) bond motifs is 1. The molecule has 7 heteroatoms. The molecule has 1 fully saturated rings. The maximum Gasteiger partial charge on any atom is 0.498 e. The molecular formula is C21H28BN3O3. The van der Waals surface area contributed by atoms with E-state index < -0.39 is 7.12 Å². The van der Waals surface area contributed by atoms with E-state index in [1.54, 1.807) is 19.5 Å². The van der Waals surface area contributed by atoms with Gasteiger partial charge in [-0.2, -0.15) is 0 Å². The van der Waals surface area contributed by atoms with E-state index >= 15 is 0 Å². The zero-order valence-corrected chi connectivity index (χ0v) is 17.3. The van der Waals surface area contributed by atoms with Crippen molar-refractivity contribution in [2.75, 3.05) is 12.4 Å². The Morgan fingerprint density at radius 1 is 1.11 bits per heavy atom. The summed E-state index contributed by atoms with van der Waals surface area (Å²) in [7, 11) is 1.29. The number of nitrogens with one attached hydrogen (secondary N) is 1. The summed E-state index contributed by atoms with van der Waals surface area (Å²) in [5.74, 6) is 1.62. The molecule has 1 N–H and O–H groups in total. The van der Waals surface area contributed by atoms with E-state index in [4.69, 9.17) is 14.0 Å². The van der Waals surface area contributed by atoms with Gasteiger partial charge < -0.3 is 19.4 Å². The number of benzene rings is 1. The molecule has 0 saturated carbocycles. The van der Waals surface area contributed by atoms with E-state index in [1.165, 1.54) is 11.1 Å². The molecule has 6 nitrogen and oxygen atoms in total. The Morgan fingerprint density at radius 2 is 1.79 bits per heavy atom. The number of hydrogen-bond acceptors (Lipinski definition) is 6. The summed E-state index contributed by atoms with van der Waals surface area (Å²) in [5.41, 5.74) is 2.75. The van der Waals surface area contributed by atoms with Gasteiger partial charge >= 0.3 is 7.12 Å². The maximum absolute atomic E-state index is 6.07. The zero-order chi connectivity index (χ0) is 19.9. The fourth-order valence-corrected chi connectivity index (χ4v) is 3.78. The van der Waals surface area contributed by atoms with E-state index in [9.17, 15) is 0 Å². The number of nitrogens with zero attached hydrogens (tertiary/aromatic N) is 2. The number of anilines is 1. The third-order valence-electron chi connectivity index (χ3n) is 6.19. The first-order valence-corrected chi connectivity index (χ1v) is 9.88. The second-order valence-electron chi connectivity index (χ2n) is 8.61. The van der Waals surface area contributed by atoms with Crippen molar-refractivity contribution in [2.24, 2.45) is 0 Å². The number of aromatic nitrogens is 2. The van der Waals surface area contributed by atoms with E-state index in [1.807, 2.05) is 33.8 Å². The lowest BCUT2D eigenvalue weighted by molar-refractivity contribution is 0.00578. The Balaban J connectivity index is 1.42. The molecule has 2 aliphatic rings. The van der Waals surface area contributed by atoms with Crippen LogP contribution in [0.4, 0.5) is 5.95 Å². The molecule has 1 saturated heterocycles. The Labute approximate surface area is 167 Å². The molecule has 28 heavy (non-hydrogen) atoms. The van der Waals surface area contributed by atoms with Gasteiger partial charge in [-0.15, -0.1) is 0 Å². The van der Waals surface area contributed by atoms with Crippen LogP contribution in [-0.2, 0) is 22.2 Å². The Kier molecular flexibility index (Phi) is 4.84. The standard InChI is InChI=1S/C21H28BN3O3/c1-20(2)21(3,4)28-22(27-20)15-12-23-19(24-13-15)25-16-9-10-17-14(11-16)7-6-8-18(17)26-5/h6-8,12-13,16H,9-11H2,1-5H3,(H,23,24,25). The van der Waals surface area contributed by atoms with Crippen LogP contribution >= 0.6 is 0 Å². The molecule has 1 aromatic heterocycles. The van der Waals surface area contributed by atoms with Crippen molar-refractivity contribution in [3.8, 4) is 5.75 Å². The molecule has 4 rings (SSSR count). The van der Waals surface area contributed by atoms with Crippen LogP contribution < -0.4 is 15.5 Å². The molecule has 1 atom stereocenters. The molecule has 2 heterocycles. The molecule has 1 aliphatic carbocycles. The fourth-order valence-electron chi connectivity index (χ4n) is 3.78. The molecule has 148 valence electrons. The van der Waals surface area contributed by atoms with Gasteiger partial charge in [0.05, 0.1) is 18.3 Å². The summed E-state index contributed by atoms with van der Waals surface area (Å²) < 4.78 is 17.6. The highest BCUT2D eigenvalue weighted by molar-refractivity contribution is 6.61. The van der Waals surface area contributed by atoms with Crippen LogP contribution in [0.1, 0.15) is 45.2 Å². The van der Waals surface area contributed by atoms with Gasteiger partial charge in [0.25, 0.3) is 0 Å². The van der Waals surface area contributed by atoms with Crippen LogP contribution in [0.25, 0.3) is 0 Å². The van der Waals surface area contributed by atoms with Gasteiger partial charge in [-0.1, -0.05) is 12.1 Å². The van der Waals surface area contributed by atoms with Gasteiger partial charge in [0.1, 0.15) is 5.75 Å². The number of ether oxygens (including phenoxy) is 1. The zero-order valence-electron chi connectivity index (χ0n) is 17.3. The molecular weight excluding hydrogens is 353 g/mol. The van der Waals surface area contributed by atoms with Gasteiger partial charge in [-0.3, -0.25) is 0 Å². The Bertz CT molecular complexity index is 838. The molecule has 1 aliphatic heterocycles. The molecule has 1 unspecified atom stereocenters. The van der Waals surface area contributed by atoms with Gasteiger partial charge in [-0.05, 0) is 64.2 Å². The number of hydrogen-bond donors (Lipinski definition) is 1. The van der Waals surface area contributed by atoms with Crippen molar-refractivity contribution in [1.82, 2.24) is 9.97 Å². The van der Waals surface area contributed by atoms with Crippen LogP contribution in [0.2, 0.25) is 0 Å². The molecule has 2 aromatic rings. The fraction of sp³-hybridized carbons (Fsp3) is 0.524. The van der Waals surface area contributed by atoms with Gasteiger partial charge in [-0.25, -0.2) is 9.97 Å². The van der Waals surface area contributed by atoms with Crippen molar-refractivity contribution in [1.29, 1.82) is 0 Å².